The molecular formula is C15H26N2O4. The highest BCUT2D eigenvalue weighted by Gasteiger charge is 2.36. The molecule has 21 heavy (non-hydrogen) atoms. The van der Waals surface area contributed by atoms with E-state index in [9.17, 15) is 14.7 Å². The number of carbonyl (C=O) groups is 2. The minimum absolute atomic E-state index is 0.00957. The Labute approximate surface area is 126 Å². The molecule has 2 aliphatic rings. The summed E-state index contributed by atoms with van der Waals surface area (Å²) in [5, 5.41) is 9.63. The van der Waals surface area contributed by atoms with Gasteiger partial charge in [-0.1, -0.05) is 0 Å². The van der Waals surface area contributed by atoms with Crippen molar-refractivity contribution < 1.29 is 19.4 Å². The van der Waals surface area contributed by atoms with Gasteiger partial charge in [0.2, 0.25) is 5.91 Å². The number of hydrogen-bond donors (Lipinski definition) is 1. The SMILES string of the molecule is CC(C)(C)OC(=O)N1CCCCC(N2CC(O)CC2=O)C1. The zero-order valence-corrected chi connectivity index (χ0v) is 13.2. The van der Waals surface area contributed by atoms with Crippen LogP contribution in [0.3, 0.4) is 0 Å². The van der Waals surface area contributed by atoms with Crippen LogP contribution >= 0.6 is 0 Å². The highest BCUT2D eigenvalue weighted by molar-refractivity contribution is 5.79. The van der Waals surface area contributed by atoms with Crippen LogP contribution in [-0.2, 0) is 9.53 Å². The molecule has 2 unspecified atom stereocenters. The fraction of sp³-hybridized carbons (Fsp3) is 0.867. The Morgan fingerprint density at radius 2 is 2.00 bits per heavy atom. The van der Waals surface area contributed by atoms with Crippen LogP contribution in [-0.4, -0.2) is 64.3 Å². The Morgan fingerprint density at radius 1 is 1.29 bits per heavy atom. The number of ether oxygens (including phenoxy) is 1. The highest BCUT2D eigenvalue weighted by atomic mass is 16.6. The van der Waals surface area contributed by atoms with E-state index < -0.39 is 11.7 Å². The van der Waals surface area contributed by atoms with Crippen LogP contribution in [0.2, 0.25) is 0 Å². The molecule has 0 aliphatic carbocycles. The van der Waals surface area contributed by atoms with Crippen LogP contribution in [0, 0.1) is 0 Å². The third kappa shape index (κ3) is 4.33. The summed E-state index contributed by atoms with van der Waals surface area (Å²) >= 11 is 0. The van der Waals surface area contributed by atoms with Crippen molar-refractivity contribution in [3.05, 3.63) is 0 Å². The van der Waals surface area contributed by atoms with E-state index in [1.165, 1.54) is 0 Å². The van der Waals surface area contributed by atoms with Crippen molar-refractivity contribution in [3.63, 3.8) is 0 Å². The van der Waals surface area contributed by atoms with Gasteiger partial charge in [-0.05, 0) is 40.0 Å². The molecule has 2 rings (SSSR count). The molecule has 0 aromatic heterocycles. The quantitative estimate of drug-likeness (QED) is 0.794. The molecule has 0 aromatic carbocycles. The third-order valence-corrected chi connectivity index (χ3v) is 3.88. The average Bonchev–Trinajstić information content (AvgIpc) is 2.58. The molecule has 2 heterocycles. The minimum atomic E-state index is -0.573. The molecule has 0 bridgehead atoms. The molecule has 2 amide bonds. The van der Waals surface area contributed by atoms with Crippen molar-refractivity contribution in [2.75, 3.05) is 19.6 Å². The first kappa shape index (κ1) is 16.1. The van der Waals surface area contributed by atoms with E-state index >= 15 is 0 Å². The summed E-state index contributed by atoms with van der Waals surface area (Å²) < 4.78 is 5.43. The molecule has 0 spiro atoms. The Kier molecular flexibility index (Phi) is 4.76. The summed E-state index contributed by atoms with van der Waals surface area (Å²) in [6, 6.07) is -0.00957. The van der Waals surface area contributed by atoms with E-state index in [-0.39, 0.29) is 24.5 Å². The van der Waals surface area contributed by atoms with Crippen LogP contribution in [0.5, 0.6) is 0 Å². The zero-order chi connectivity index (χ0) is 15.6. The monoisotopic (exact) mass is 298 g/mol. The van der Waals surface area contributed by atoms with Gasteiger partial charge in [-0.3, -0.25) is 4.79 Å². The van der Waals surface area contributed by atoms with E-state index in [2.05, 4.69) is 0 Å². The van der Waals surface area contributed by atoms with Crippen LogP contribution in [0.25, 0.3) is 0 Å². The second kappa shape index (κ2) is 6.22. The van der Waals surface area contributed by atoms with Crippen molar-refractivity contribution in [2.24, 2.45) is 0 Å². The topological polar surface area (TPSA) is 70.1 Å². The molecule has 0 radical (unpaired) electrons. The number of hydrogen-bond acceptors (Lipinski definition) is 4. The van der Waals surface area contributed by atoms with Gasteiger partial charge < -0.3 is 19.6 Å². The molecule has 2 saturated heterocycles. The Bertz CT molecular complexity index is 405. The standard InChI is InChI=1S/C15H26N2O4/c1-15(2,3)21-14(20)16-7-5-4-6-11(9-16)17-10-12(18)8-13(17)19/h11-12,18H,4-10H2,1-3H3. The number of carbonyl (C=O) groups excluding carboxylic acids is 2. The lowest BCUT2D eigenvalue weighted by molar-refractivity contribution is -0.130. The minimum Gasteiger partial charge on any atom is -0.444 e. The lowest BCUT2D eigenvalue weighted by atomic mass is 10.1. The molecule has 0 saturated carbocycles. The summed E-state index contributed by atoms with van der Waals surface area (Å²) in [5.74, 6) is -0.0152. The summed E-state index contributed by atoms with van der Waals surface area (Å²) in [4.78, 5) is 27.6. The number of β-amino-alcohol motifs (C(OH)–C–C–N with tert-alkyl or cyclic N) is 1. The smallest absolute Gasteiger partial charge is 0.410 e. The highest BCUT2D eigenvalue weighted by Crippen LogP contribution is 2.22. The number of aliphatic hydroxyl groups excluding tert-OH is 1. The van der Waals surface area contributed by atoms with Crippen molar-refractivity contribution in [1.29, 1.82) is 0 Å². The molecule has 1 N–H and O–H groups in total. The zero-order valence-electron chi connectivity index (χ0n) is 13.2. The van der Waals surface area contributed by atoms with Gasteiger partial charge in [0.15, 0.2) is 0 Å². The van der Waals surface area contributed by atoms with Gasteiger partial charge in [0.25, 0.3) is 0 Å². The molecule has 120 valence electrons. The molecule has 6 heteroatoms. The van der Waals surface area contributed by atoms with Crippen molar-refractivity contribution >= 4 is 12.0 Å². The fourth-order valence-corrected chi connectivity index (χ4v) is 2.93. The number of likely N-dealkylation sites (tertiary alicyclic amines) is 2. The van der Waals surface area contributed by atoms with Crippen molar-refractivity contribution in [3.8, 4) is 0 Å². The van der Waals surface area contributed by atoms with Gasteiger partial charge in [-0.25, -0.2) is 4.79 Å². The normalized spacial score (nSPS) is 27.7. The first-order valence-corrected chi connectivity index (χ1v) is 7.72. The van der Waals surface area contributed by atoms with Gasteiger partial charge in [-0.15, -0.1) is 0 Å². The first-order chi connectivity index (χ1) is 9.76. The van der Waals surface area contributed by atoms with E-state index in [1.54, 1.807) is 9.80 Å². The van der Waals surface area contributed by atoms with E-state index in [1.807, 2.05) is 20.8 Å². The molecule has 6 nitrogen and oxygen atoms in total. The molecule has 2 atom stereocenters. The number of rotatable bonds is 1. The lowest BCUT2D eigenvalue weighted by Crippen LogP contribution is -2.47. The van der Waals surface area contributed by atoms with Gasteiger partial charge in [0.05, 0.1) is 12.5 Å². The second-order valence-electron chi connectivity index (χ2n) is 6.98. The first-order valence-electron chi connectivity index (χ1n) is 7.72. The van der Waals surface area contributed by atoms with Gasteiger partial charge in [0.1, 0.15) is 5.60 Å². The largest absolute Gasteiger partial charge is 0.444 e. The van der Waals surface area contributed by atoms with Crippen LogP contribution in [0.15, 0.2) is 0 Å². The maximum Gasteiger partial charge on any atom is 0.410 e. The number of aliphatic hydroxyl groups is 1. The summed E-state index contributed by atoms with van der Waals surface area (Å²) in [6.07, 6.45) is 2.07. The van der Waals surface area contributed by atoms with E-state index in [0.717, 1.165) is 19.3 Å². The summed E-state index contributed by atoms with van der Waals surface area (Å²) in [5.41, 5.74) is -0.515. The fourth-order valence-electron chi connectivity index (χ4n) is 2.93. The lowest BCUT2D eigenvalue weighted by Gasteiger charge is -2.32. The van der Waals surface area contributed by atoms with Crippen LogP contribution in [0.1, 0.15) is 46.5 Å². The molecule has 2 fully saturated rings. The van der Waals surface area contributed by atoms with Gasteiger partial charge in [0, 0.05) is 25.7 Å². The number of nitrogens with zero attached hydrogens (tertiary/aromatic N) is 2. The Hall–Kier alpha value is -1.30. The second-order valence-corrected chi connectivity index (χ2v) is 6.98. The Morgan fingerprint density at radius 3 is 2.57 bits per heavy atom. The predicted molar refractivity (Wildman–Crippen MR) is 77.8 cm³/mol. The van der Waals surface area contributed by atoms with Crippen molar-refractivity contribution in [2.45, 2.75) is 64.2 Å². The van der Waals surface area contributed by atoms with Crippen LogP contribution in [0.4, 0.5) is 4.79 Å². The van der Waals surface area contributed by atoms with Crippen LogP contribution < -0.4 is 0 Å². The maximum atomic E-state index is 12.2. The summed E-state index contributed by atoms with van der Waals surface area (Å²) in [6.45, 7) is 7.08. The van der Waals surface area contributed by atoms with E-state index in [0.29, 0.717) is 19.6 Å². The van der Waals surface area contributed by atoms with Gasteiger partial charge >= 0.3 is 6.09 Å². The average molecular weight is 298 g/mol. The molecular weight excluding hydrogens is 272 g/mol. The molecule has 0 aromatic rings. The van der Waals surface area contributed by atoms with Gasteiger partial charge in [-0.2, -0.15) is 0 Å². The number of amides is 2. The summed E-state index contributed by atoms with van der Waals surface area (Å²) in [7, 11) is 0. The maximum absolute atomic E-state index is 12.2. The third-order valence-electron chi connectivity index (χ3n) is 3.88. The predicted octanol–water partition coefficient (Wildman–Crippen LogP) is 1.37. The van der Waals surface area contributed by atoms with Crippen molar-refractivity contribution in [1.82, 2.24) is 9.80 Å². The molecule has 2 aliphatic heterocycles. The Balaban J connectivity index is 2.01. The van der Waals surface area contributed by atoms with E-state index in [4.69, 9.17) is 4.74 Å².